The average Bonchev–Trinajstić information content (AvgIpc) is 2.30. The number of hydrogen-bond acceptors (Lipinski definition) is 3. The molecule has 0 fully saturated rings. The van der Waals surface area contributed by atoms with Gasteiger partial charge in [0.1, 0.15) is 5.21 Å². The Bertz CT molecular complexity index is 485. The van der Waals surface area contributed by atoms with Crippen molar-refractivity contribution in [3.63, 3.8) is 0 Å². The summed E-state index contributed by atoms with van der Waals surface area (Å²) in [5.41, 5.74) is 0.847. The van der Waals surface area contributed by atoms with Gasteiger partial charge < -0.3 is 5.32 Å². The Labute approximate surface area is 105 Å². The monoisotopic (exact) mass is 276 g/mol. The highest BCUT2D eigenvalue weighted by atomic mass is 35.5. The molecule has 0 atom stereocenters. The maximum atomic E-state index is 11.4. The molecule has 0 aliphatic carbocycles. The second kappa shape index (κ2) is 5.88. The van der Waals surface area contributed by atoms with E-state index in [-0.39, 0.29) is 5.91 Å². The predicted molar refractivity (Wildman–Crippen MR) is 67.7 cm³/mol. The molecule has 1 aromatic carbocycles. The number of carbonyl (C=O) groups excluding carboxylic acids is 1. The Kier molecular flexibility index (Phi) is 4.77. The van der Waals surface area contributed by atoms with Crippen molar-refractivity contribution in [1.29, 1.82) is 0 Å². The predicted octanol–water partition coefficient (Wildman–Crippen LogP) is 1.37. The van der Waals surface area contributed by atoms with Crippen LogP contribution in [0.3, 0.4) is 0 Å². The molecule has 0 spiro atoms. The highest BCUT2D eigenvalue weighted by Gasteiger charge is 2.08. The molecule has 94 valence electrons. The van der Waals surface area contributed by atoms with Crippen molar-refractivity contribution in [2.45, 2.75) is 6.92 Å². The van der Waals surface area contributed by atoms with Crippen LogP contribution < -0.4 is 10.0 Å². The van der Waals surface area contributed by atoms with Gasteiger partial charge in [0.05, 0.1) is 0 Å². The van der Waals surface area contributed by atoms with E-state index in [1.54, 1.807) is 0 Å². The number of halogens is 1. The van der Waals surface area contributed by atoms with Crippen molar-refractivity contribution in [2.75, 3.05) is 16.5 Å². The highest BCUT2D eigenvalue weighted by Crippen LogP contribution is 2.11. The van der Waals surface area contributed by atoms with E-state index in [9.17, 15) is 13.2 Å². The Morgan fingerprint density at radius 2 is 1.88 bits per heavy atom. The second-order valence-electron chi connectivity index (χ2n) is 3.26. The van der Waals surface area contributed by atoms with Crippen LogP contribution in [0.4, 0.5) is 5.69 Å². The lowest BCUT2D eigenvalue weighted by molar-refractivity contribution is 0.0956. The molecular weight excluding hydrogens is 264 g/mol. The molecule has 0 radical (unpaired) electrons. The van der Waals surface area contributed by atoms with Gasteiger partial charge in [-0.15, -0.1) is 11.6 Å². The van der Waals surface area contributed by atoms with Crippen LogP contribution in [-0.2, 0) is 10.0 Å². The molecule has 1 aromatic rings. The molecule has 2 N–H and O–H groups in total. The molecule has 0 bridgehead atoms. The van der Waals surface area contributed by atoms with E-state index in [4.69, 9.17) is 11.6 Å². The van der Waals surface area contributed by atoms with Gasteiger partial charge in [0.2, 0.25) is 10.0 Å². The summed E-state index contributed by atoms with van der Waals surface area (Å²) in [6, 6.07) is 6.09. The maximum absolute atomic E-state index is 11.4. The van der Waals surface area contributed by atoms with Crippen molar-refractivity contribution in [3.05, 3.63) is 29.8 Å². The maximum Gasteiger partial charge on any atom is 0.251 e. The molecule has 0 saturated carbocycles. The molecule has 17 heavy (non-hydrogen) atoms. The minimum Gasteiger partial charge on any atom is -0.352 e. The van der Waals surface area contributed by atoms with E-state index < -0.39 is 15.2 Å². The van der Waals surface area contributed by atoms with Crippen LogP contribution >= 0.6 is 11.6 Å². The largest absolute Gasteiger partial charge is 0.352 e. The van der Waals surface area contributed by atoms with E-state index in [0.29, 0.717) is 17.8 Å². The lowest BCUT2D eigenvalue weighted by Gasteiger charge is -2.06. The Balaban J connectivity index is 2.78. The Morgan fingerprint density at radius 1 is 1.29 bits per heavy atom. The van der Waals surface area contributed by atoms with Crippen molar-refractivity contribution >= 4 is 33.2 Å². The number of anilines is 1. The fourth-order valence-electron chi connectivity index (χ4n) is 1.16. The van der Waals surface area contributed by atoms with Crippen molar-refractivity contribution in [3.8, 4) is 0 Å². The summed E-state index contributed by atoms with van der Waals surface area (Å²) in [4.78, 5) is 11.4. The summed E-state index contributed by atoms with van der Waals surface area (Å²) in [5, 5.41) is 2.13. The van der Waals surface area contributed by atoms with Crippen LogP contribution in [0.5, 0.6) is 0 Å². The highest BCUT2D eigenvalue weighted by molar-refractivity contribution is 7.93. The molecule has 0 aliphatic heterocycles. The van der Waals surface area contributed by atoms with Crippen LogP contribution in [0.1, 0.15) is 17.3 Å². The number of rotatable bonds is 5. The quantitative estimate of drug-likeness (QED) is 0.798. The zero-order valence-electron chi connectivity index (χ0n) is 9.23. The van der Waals surface area contributed by atoms with Gasteiger partial charge in [-0.05, 0) is 31.2 Å². The van der Waals surface area contributed by atoms with E-state index >= 15 is 0 Å². The fourth-order valence-corrected chi connectivity index (χ4v) is 1.87. The van der Waals surface area contributed by atoms with Crippen molar-refractivity contribution in [1.82, 2.24) is 5.32 Å². The van der Waals surface area contributed by atoms with Crippen molar-refractivity contribution < 1.29 is 13.2 Å². The van der Waals surface area contributed by atoms with Gasteiger partial charge in [0, 0.05) is 17.8 Å². The van der Waals surface area contributed by atoms with Gasteiger partial charge in [-0.2, -0.15) is 0 Å². The van der Waals surface area contributed by atoms with Crippen LogP contribution in [0.2, 0.25) is 0 Å². The SMILES string of the molecule is CCNC(=O)c1ccc(NS(=O)(=O)CCl)cc1. The average molecular weight is 277 g/mol. The van der Waals surface area contributed by atoms with Gasteiger partial charge >= 0.3 is 0 Å². The number of sulfonamides is 1. The zero-order valence-corrected chi connectivity index (χ0v) is 10.8. The second-order valence-corrected chi connectivity index (χ2v) is 5.57. The number of amides is 1. The molecule has 0 aromatic heterocycles. The van der Waals surface area contributed by atoms with E-state index in [1.807, 2.05) is 6.92 Å². The molecule has 0 heterocycles. The molecule has 5 nitrogen and oxygen atoms in total. The molecule has 0 unspecified atom stereocenters. The number of carbonyl (C=O) groups is 1. The molecule has 1 rings (SSSR count). The lowest BCUT2D eigenvalue weighted by Crippen LogP contribution is -2.22. The smallest absolute Gasteiger partial charge is 0.251 e. The summed E-state index contributed by atoms with van der Waals surface area (Å²) in [7, 11) is -3.50. The minimum atomic E-state index is -3.50. The Hall–Kier alpha value is -1.27. The van der Waals surface area contributed by atoms with Gasteiger partial charge in [-0.25, -0.2) is 8.42 Å². The summed E-state index contributed by atoms with van der Waals surface area (Å²) >= 11 is 5.25. The van der Waals surface area contributed by atoms with Crippen LogP contribution in [-0.4, -0.2) is 26.1 Å². The normalized spacial score (nSPS) is 10.9. The summed E-state index contributed by atoms with van der Waals surface area (Å²) < 4.78 is 24.6. The molecule has 7 heteroatoms. The third kappa shape index (κ3) is 4.24. The van der Waals surface area contributed by atoms with Crippen LogP contribution in [0, 0.1) is 0 Å². The zero-order chi connectivity index (χ0) is 12.9. The van der Waals surface area contributed by atoms with Gasteiger partial charge in [0.15, 0.2) is 0 Å². The first-order valence-electron chi connectivity index (χ1n) is 4.93. The third-order valence-electron chi connectivity index (χ3n) is 1.90. The van der Waals surface area contributed by atoms with E-state index in [1.165, 1.54) is 24.3 Å². The number of benzene rings is 1. The number of alkyl halides is 1. The molecule has 1 amide bonds. The number of hydrogen-bond donors (Lipinski definition) is 2. The first-order valence-corrected chi connectivity index (χ1v) is 7.12. The lowest BCUT2D eigenvalue weighted by atomic mass is 10.2. The minimum absolute atomic E-state index is 0.195. The molecular formula is C10H13ClN2O3S. The first-order chi connectivity index (χ1) is 7.98. The number of nitrogens with one attached hydrogen (secondary N) is 2. The first kappa shape index (κ1) is 13.8. The fraction of sp³-hybridized carbons (Fsp3) is 0.300. The topological polar surface area (TPSA) is 75.3 Å². The van der Waals surface area contributed by atoms with E-state index in [2.05, 4.69) is 10.0 Å². The van der Waals surface area contributed by atoms with Gasteiger partial charge in [-0.3, -0.25) is 9.52 Å². The standard InChI is InChI=1S/C10H13ClN2O3S/c1-2-12-10(14)8-3-5-9(6-4-8)13-17(15,16)7-11/h3-6,13H,2,7H2,1H3,(H,12,14). The molecule has 0 saturated heterocycles. The van der Waals surface area contributed by atoms with E-state index in [0.717, 1.165) is 0 Å². The Morgan fingerprint density at radius 3 is 2.35 bits per heavy atom. The van der Waals surface area contributed by atoms with Gasteiger partial charge in [0.25, 0.3) is 5.91 Å². The molecule has 0 aliphatic rings. The summed E-state index contributed by atoms with van der Waals surface area (Å²) in [6.45, 7) is 2.36. The summed E-state index contributed by atoms with van der Waals surface area (Å²) in [6.07, 6.45) is 0. The van der Waals surface area contributed by atoms with Crippen LogP contribution in [0.25, 0.3) is 0 Å². The summed E-state index contributed by atoms with van der Waals surface area (Å²) in [5.74, 6) is -0.195. The third-order valence-corrected chi connectivity index (χ3v) is 3.60. The van der Waals surface area contributed by atoms with Crippen LogP contribution in [0.15, 0.2) is 24.3 Å². The van der Waals surface area contributed by atoms with Crippen molar-refractivity contribution in [2.24, 2.45) is 0 Å². The van der Waals surface area contributed by atoms with Gasteiger partial charge in [-0.1, -0.05) is 0 Å².